The van der Waals surface area contributed by atoms with Gasteiger partial charge in [-0.05, 0) is 55.5 Å². The Morgan fingerprint density at radius 2 is 1.40 bits per heavy atom. The van der Waals surface area contributed by atoms with Crippen molar-refractivity contribution in [3.63, 3.8) is 0 Å². The molecular formula is C20H18N4O. The SMILES string of the molecule is Cc1ccc(N=Nc2ccc(NC(=O)c3ccccc3N)cc2)cc1. The van der Waals surface area contributed by atoms with E-state index in [1.54, 1.807) is 48.5 Å². The zero-order valence-corrected chi connectivity index (χ0v) is 13.8. The Balaban J connectivity index is 1.67. The first-order valence-electron chi connectivity index (χ1n) is 7.86. The topological polar surface area (TPSA) is 79.8 Å². The zero-order chi connectivity index (χ0) is 17.6. The molecule has 0 radical (unpaired) electrons. The first-order valence-corrected chi connectivity index (χ1v) is 7.86. The lowest BCUT2D eigenvalue weighted by atomic mass is 10.1. The van der Waals surface area contributed by atoms with E-state index in [0.29, 0.717) is 22.6 Å². The third kappa shape index (κ3) is 4.29. The molecule has 0 fully saturated rings. The fourth-order valence-corrected chi connectivity index (χ4v) is 2.24. The number of para-hydroxylation sites is 1. The van der Waals surface area contributed by atoms with Gasteiger partial charge < -0.3 is 11.1 Å². The van der Waals surface area contributed by atoms with E-state index in [9.17, 15) is 4.79 Å². The van der Waals surface area contributed by atoms with Crippen LogP contribution in [0.2, 0.25) is 0 Å². The number of amides is 1. The van der Waals surface area contributed by atoms with Gasteiger partial charge in [-0.1, -0.05) is 29.8 Å². The van der Waals surface area contributed by atoms with Crippen LogP contribution in [0.3, 0.4) is 0 Å². The highest BCUT2D eigenvalue weighted by molar-refractivity contribution is 6.07. The molecule has 0 unspecified atom stereocenters. The third-order valence-corrected chi connectivity index (χ3v) is 3.65. The summed E-state index contributed by atoms with van der Waals surface area (Å²) in [6.07, 6.45) is 0. The second kappa shape index (κ2) is 7.40. The summed E-state index contributed by atoms with van der Waals surface area (Å²) in [6.45, 7) is 2.02. The number of hydrogen-bond donors (Lipinski definition) is 2. The van der Waals surface area contributed by atoms with Crippen molar-refractivity contribution in [1.82, 2.24) is 0 Å². The molecule has 3 rings (SSSR count). The highest BCUT2D eigenvalue weighted by Gasteiger charge is 2.08. The second-order valence-corrected chi connectivity index (χ2v) is 5.62. The van der Waals surface area contributed by atoms with E-state index < -0.39 is 0 Å². The minimum absolute atomic E-state index is 0.243. The molecule has 0 atom stereocenters. The number of nitrogens with zero attached hydrogens (tertiary/aromatic N) is 2. The van der Waals surface area contributed by atoms with Crippen LogP contribution in [0.25, 0.3) is 0 Å². The average Bonchev–Trinajstić information content (AvgIpc) is 2.63. The van der Waals surface area contributed by atoms with Crippen LogP contribution in [0.4, 0.5) is 22.7 Å². The maximum absolute atomic E-state index is 12.2. The van der Waals surface area contributed by atoms with E-state index in [1.165, 1.54) is 5.56 Å². The summed E-state index contributed by atoms with van der Waals surface area (Å²) in [5.74, 6) is -0.243. The maximum Gasteiger partial charge on any atom is 0.257 e. The number of anilines is 2. The number of nitrogens with two attached hydrogens (primary N) is 1. The van der Waals surface area contributed by atoms with Crippen LogP contribution >= 0.6 is 0 Å². The molecule has 0 aromatic heterocycles. The summed E-state index contributed by atoms with van der Waals surface area (Å²) in [4.78, 5) is 12.2. The lowest BCUT2D eigenvalue weighted by Crippen LogP contribution is -2.13. The largest absolute Gasteiger partial charge is 0.398 e. The van der Waals surface area contributed by atoms with Crippen molar-refractivity contribution in [3.05, 3.63) is 83.9 Å². The smallest absolute Gasteiger partial charge is 0.257 e. The molecular weight excluding hydrogens is 312 g/mol. The fraction of sp³-hybridized carbons (Fsp3) is 0.0500. The Labute approximate surface area is 146 Å². The van der Waals surface area contributed by atoms with Crippen molar-refractivity contribution in [2.24, 2.45) is 10.2 Å². The maximum atomic E-state index is 12.2. The molecule has 3 aromatic rings. The molecule has 5 nitrogen and oxygen atoms in total. The third-order valence-electron chi connectivity index (χ3n) is 3.65. The van der Waals surface area contributed by atoms with Gasteiger partial charge in [-0.25, -0.2) is 0 Å². The van der Waals surface area contributed by atoms with Crippen LogP contribution in [-0.4, -0.2) is 5.91 Å². The van der Waals surface area contributed by atoms with E-state index >= 15 is 0 Å². The Hall–Kier alpha value is -3.47. The number of hydrogen-bond acceptors (Lipinski definition) is 4. The summed E-state index contributed by atoms with van der Waals surface area (Å²) < 4.78 is 0. The van der Waals surface area contributed by atoms with Gasteiger partial charge in [0.15, 0.2) is 0 Å². The van der Waals surface area contributed by atoms with Gasteiger partial charge in [0.05, 0.1) is 16.9 Å². The highest BCUT2D eigenvalue weighted by atomic mass is 16.1. The van der Waals surface area contributed by atoms with Crippen molar-refractivity contribution in [2.75, 3.05) is 11.1 Å². The minimum atomic E-state index is -0.243. The van der Waals surface area contributed by atoms with Gasteiger partial charge in [0.2, 0.25) is 0 Å². The Morgan fingerprint density at radius 1 is 0.840 bits per heavy atom. The van der Waals surface area contributed by atoms with Crippen molar-refractivity contribution in [1.29, 1.82) is 0 Å². The summed E-state index contributed by atoms with van der Waals surface area (Å²) in [5, 5.41) is 11.2. The molecule has 0 spiro atoms. The number of rotatable bonds is 4. The number of aryl methyl sites for hydroxylation is 1. The van der Waals surface area contributed by atoms with Crippen LogP contribution < -0.4 is 11.1 Å². The summed E-state index contributed by atoms with van der Waals surface area (Å²) in [5.41, 5.74) is 10.1. The highest BCUT2D eigenvalue weighted by Crippen LogP contribution is 2.21. The summed E-state index contributed by atoms with van der Waals surface area (Å²) in [7, 11) is 0. The predicted octanol–water partition coefficient (Wildman–Crippen LogP) is 5.24. The van der Waals surface area contributed by atoms with Crippen LogP contribution in [-0.2, 0) is 0 Å². The number of benzene rings is 3. The second-order valence-electron chi connectivity index (χ2n) is 5.62. The van der Waals surface area contributed by atoms with Crippen LogP contribution in [0.15, 0.2) is 83.0 Å². The molecule has 0 aliphatic rings. The molecule has 0 heterocycles. The average molecular weight is 330 g/mol. The zero-order valence-electron chi connectivity index (χ0n) is 13.8. The predicted molar refractivity (Wildman–Crippen MR) is 101 cm³/mol. The normalized spacial score (nSPS) is 10.8. The van der Waals surface area contributed by atoms with Crippen molar-refractivity contribution in [3.8, 4) is 0 Å². The Bertz CT molecular complexity index is 900. The van der Waals surface area contributed by atoms with E-state index in [-0.39, 0.29) is 5.91 Å². The molecule has 0 saturated heterocycles. The molecule has 0 saturated carbocycles. The van der Waals surface area contributed by atoms with Gasteiger partial charge >= 0.3 is 0 Å². The number of carbonyl (C=O) groups excluding carboxylic acids is 1. The fourth-order valence-electron chi connectivity index (χ4n) is 2.24. The van der Waals surface area contributed by atoms with Crippen molar-refractivity contribution in [2.45, 2.75) is 6.92 Å². The van der Waals surface area contributed by atoms with Gasteiger partial charge in [0.1, 0.15) is 0 Å². The Morgan fingerprint density at radius 3 is 2.00 bits per heavy atom. The van der Waals surface area contributed by atoms with E-state index in [0.717, 1.165) is 5.69 Å². The number of azo groups is 1. The van der Waals surface area contributed by atoms with Gasteiger partial charge in [-0.15, -0.1) is 0 Å². The first-order chi connectivity index (χ1) is 12.1. The molecule has 124 valence electrons. The van der Waals surface area contributed by atoms with E-state index in [1.807, 2.05) is 31.2 Å². The lowest BCUT2D eigenvalue weighted by Gasteiger charge is -2.07. The Kier molecular flexibility index (Phi) is 4.85. The molecule has 0 aliphatic heterocycles. The molecule has 5 heteroatoms. The summed E-state index contributed by atoms with van der Waals surface area (Å²) in [6, 6.07) is 21.9. The number of carbonyl (C=O) groups is 1. The van der Waals surface area contributed by atoms with E-state index in [2.05, 4.69) is 15.5 Å². The van der Waals surface area contributed by atoms with E-state index in [4.69, 9.17) is 5.73 Å². The van der Waals surface area contributed by atoms with Crippen LogP contribution in [0.5, 0.6) is 0 Å². The first kappa shape index (κ1) is 16.4. The van der Waals surface area contributed by atoms with Gasteiger partial charge in [-0.3, -0.25) is 4.79 Å². The number of nitrogen functional groups attached to an aromatic ring is 1. The van der Waals surface area contributed by atoms with Gasteiger partial charge in [0, 0.05) is 11.4 Å². The molecule has 3 aromatic carbocycles. The monoisotopic (exact) mass is 330 g/mol. The van der Waals surface area contributed by atoms with Crippen LogP contribution in [0.1, 0.15) is 15.9 Å². The molecule has 3 N–H and O–H groups in total. The molecule has 0 bridgehead atoms. The quantitative estimate of drug-likeness (QED) is 0.506. The minimum Gasteiger partial charge on any atom is -0.398 e. The van der Waals surface area contributed by atoms with Gasteiger partial charge in [0.25, 0.3) is 5.91 Å². The lowest BCUT2D eigenvalue weighted by molar-refractivity contribution is 0.102. The standard InChI is InChI=1S/C20H18N4O/c1-14-6-8-16(9-7-14)23-24-17-12-10-15(11-13-17)22-20(25)18-4-2-3-5-19(18)21/h2-13H,21H2,1H3,(H,22,25). The van der Waals surface area contributed by atoms with Gasteiger partial charge in [-0.2, -0.15) is 10.2 Å². The van der Waals surface area contributed by atoms with Crippen molar-refractivity contribution >= 4 is 28.7 Å². The summed E-state index contributed by atoms with van der Waals surface area (Å²) >= 11 is 0. The molecule has 0 aliphatic carbocycles. The number of nitrogens with one attached hydrogen (secondary N) is 1. The molecule has 25 heavy (non-hydrogen) atoms. The molecule has 1 amide bonds. The van der Waals surface area contributed by atoms with Crippen molar-refractivity contribution < 1.29 is 4.79 Å². The van der Waals surface area contributed by atoms with Crippen LogP contribution in [0, 0.1) is 6.92 Å².